The number of rotatable bonds is 4. The monoisotopic (exact) mass is 594 g/mol. The van der Waals surface area contributed by atoms with Crippen LogP contribution in [0, 0.1) is 0 Å². The molecule has 5 nitrogen and oxygen atoms in total. The summed E-state index contributed by atoms with van der Waals surface area (Å²) in [6.45, 7) is -0.264. The number of nitrogens with zero attached hydrogens (tertiary/aromatic N) is 2. The lowest BCUT2D eigenvalue weighted by atomic mass is 10.1. The highest BCUT2D eigenvalue weighted by molar-refractivity contribution is 6.55. The number of carbonyl (C=O) groups excluding carboxylic acids is 3. The number of imide groups is 1. The first-order chi connectivity index (χ1) is 16.0. The highest BCUT2D eigenvalue weighted by atomic mass is 35.5. The van der Waals surface area contributed by atoms with Crippen molar-refractivity contribution in [3.8, 4) is 0 Å². The van der Waals surface area contributed by atoms with Crippen molar-refractivity contribution in [3.63, 3.8) is 0 Å². The topological polar surface area (TPSA) is 57.7 Å². The lowest BCUT2D eigenvalue weighted by Gasteiger charge is -2.30. The summed E-state index contributed by atoms with van der Waals surface area (Å²) in [5, 5.41) is 1.66. The average Bonchev–Trinajstić information content (AvgIpc) is 3.06. The minimum absolute atomic E-state index is 0.152. The molecular formula is C22H9Cl7N2O3. The van der Waals surface area contributed by atoms with Gasteiger partial charge in [0.2, 0.25) is 0 Å². The van der Waals surface area contributed by atoms with Crippen molar-refractivity contribution in [3.05, 3.63) is 99.9 Å². The SMILES string of the molecule is O=C(c1ccc(Cl)cc1)N(Cc1ccc(Cl)cc1Cl)N1C(=O)c2c(Cl)c(Cl)c(Cl)c(Cl)c2C1=O. The van der Waals surface area contributed by atoms with Gasteiger partial charge in [0.15, 0.2) is 0 Å². The first kappa shape index (κ1) is 25.4. The number of halogens is 7. The Bertz CT molecular complexity index is 1330. The number of carbonyl (C=O) groups is 3. The minimum Gasteiger partial charge on any atom is -0.267 e. The van der Waals surface area contributed by atoms with E-state index in [-0.39, 0.29) is 48.3 Å². The van der Waals surface area contributed by atoms with E-state index in [0.717, 1.165) is 5.01 Å². The molecule has 1 aliphatic rings. The van der Waals surface area contributed by atoms with Crippen LogP contribution in [-0.2, 0) is 6.54 Å². The van der Waals surface area contributed by atoms with Crippen LogP contribution in [0.15, 0.2) is 42.5 Å². The number of benzene rings is 3. The van der Waals surface area contributed by atoms with Crippen molar-refractivity contribution >= 4 is 98.9 Å². The molecule has 0 N–H and O–H groups in total. The Morgan fingerprint density at radius 3 is 1.71 bits per heavy atom. The van der Waals surface area contributed by atoms with Crippen LogP contribution >= 0.6 is 81.2 Å². The zero-order chi connectivity index (χ0) is 24.9. The number of fused-ring (bicyclic) bond motifs is 1. The summed E-state index contributed by atoms with van der Waals surface area (Å²) in [4.78, 5) is 40.3. The van der Waals surface area contributed by atoms with Crippen LogP contribution in [0.3, 0.4) is 0 Å². The lowest BCUT2D eigenvalue weighted by molar-refractivity contribution is 0.000886. The Balaban J connectivity index is 1.86. The second-order valence-electron chi connectivity index (χ2n) is 7.03. The van der Waals surface area contributed by atoms with Crippen molar-refractivity contribution in [1.82, 2.24) is 10.0 Å². The molecule has 3 aromatic rings. The summed E-state index contributed by atoms with van der Waals surface area (Å²) >= 11 is 42.9. The highest BCUT2D eigenvalue weighted by Gasteiger charge is 2.46. The number of amides is 3. The van der Waals surface area contributed by atoms with Gasteiger partial charge in [0, 0.05) is 20.6 Å². The Kier molecular flexibility index (Phi) is 7.28. The third-order valence-corrected chi connectivity index (χ3v) is 7.62. The molecule has 34 heavy (non-hydrogen) atoms. The Hall–Kier alpha value is -1.70. The second-order valence-corrected chi connectivity index (χ2v) is 9.83. The van der Waals surface area contributed by atoms with Crippen molar-refractivity contribution in [1.29, 1.82) is 0 Å². The van der Waals surface area contributed by atoms with Crippen LogP contribution in [0.2, 0.25) is 35.2 Å². The number of hydrazine groups is 1. The first-order valence-corrected chi connectivity index (χ1v) is 11.9. The summed E-state index contributed by atoms with van der Waals surface area (Å²) < 4.78 is 0. The number of hydrogen-bond donors (Lipinski definition) is 0. The molecule has 0 saturated heterocycles. The summed E-state index contributed by atoms with van der Waals surface area (Å²) in [5.74, 6) is -2.50. The fourth-order valence-electron chi connectivity index (χ4n) is 3.34. The lowest BCUT2D eigenvalue weighted by Crippen LogP contribution is -2.49. The fraction of sp³-hybridized carbons (Fsp3) is 0.0455. The third kappa shape index (κ3) is 4.35. The maximum atomic E-state index is 13.5. The van der Waals surface area contributed by atoms with Crippen molar-refractivity contribution in [2.45, 2.75) is 6.54 Å². The number of hydrogen-bond acceptors (Lipinski definition) is 3. The molecule has 3 amide bonds. The maximum Gasteiger partial charge on any atom is 0.282 e. The molecule has 0 aromatic heterocycles. The van der Waals surface area contributed by atoms with Gasteiger partial charge in [0.05, 0.1) is 37.8 Å². The van der Waals surface area contributed by atoms with E-state index < -0.39 is 17.7 Å². The average molecular weight is 597 g/mol. The minimum atomic E-state index is -0.905. The van der Waals surface area contributed by atoms with E-state index in [4.69, 9.17) is 81.2 Å². The van der Waals surface area contributed by atoms with Gasteiger partial charge >= 0.3 is 0 Å². The van der Waals surface area contributed by atoms with Crippen LogP contribution in [0.5, 0.6) is 0 Å². The molecule has 0 aliphatic carbocycles. The van der Waals surface area contributed by atoms with E-state index >= 15 is 0 Å². The van der Waals surface area contributed by atoms with Gasteiger partial charge < -0.3 is 0 Å². The zero-order valence-corrected chi connectivity index (χ0v) is 21.8. The van der Waals surface area contributed by atoms with Crippen LogP contribution in [0.1, 0.15) is 36.6 Å². The Morgan fingerprint density at radius 1 is 0.706 bits per heavy atom. The first-order valence-electron chi connectivity index (χ1n) is 9.29. The molecule has 0 spiro atoms. The predicted octanol–water partition coefficient (Wildman–Crippen LogP) is 8.11. The smallest absolute Gasteiger partial charge is 0.267 e. The normalized spacial score (nSPS) is 12.9. The van der Waals surface area contributed by atoms with Crippen molar-refractivity contribution < 1.29 is 14.4 Å². The van der Waals surface area contributed by atoms with Crippen LogP contribution in [0.4, 0.5) is 0 Å². The van der Waals surface area contributed by atoms with Crippen LogP contribution in [-0.4, -0.2) is 27.7 Å². The van der Waals surface area contributed by atoms with E-state index in [9.17, 15) is 14.4 Å². The zero-order valence-electron chi connectivity index (χ0n) is 16.5. The molecule has 1 heterocycles. The second kappa shape index (κ2) is 9.75. The summed E-state index contributed by atoms with van der Waals surface area (Å²) in [6.07, 6.45) is 0. The van der Waals surface area contributed by atoms with Gasteiger partial charge in [-0.1, -0.05) is 87.3 Å². The molecule has 0 bridgehead atoms. The molecule has 0 atom stereocenters. The van der Waals surface area contributed by atoms with E-state index in [1.807, 2.05) is 0 Å². The van der Waals surface area contributed by atoms with Crippen molar-refractivity contribution in [2.75, 3.05) is 0 Å². The van der Waals surface area contributed by atoms with Gasteiger partial charge in [0.1, 0.15) is 0 Å². The van der Waals surface area contributed by atoms with Gasteiger partial charge in [-0.15, -0.1) is 0 Å². The van der Waals surface area contributed by atoms with E-state index in [0.29, 0.717) is 20.6 Å². The van der Waals surface area contributed by atoms with Crippen molar-refractivity contribution in [2.24, 2.45) is 0 Å². The van der Waals surface area contributed by atoms with Gasteiger partial charge in [-0.2, -0.15) is 5.01 Å². The molecule has 0 unspecified atom stereocenters. The molecular weight excluding hydrogens is 588 g/mol. The fourth-order valence-corrected chi connectivity index (χ4v) is 4.95. The predicted molar refractivity (Wildman–Crippen MR) is 135 cm³/mol. The largest absolute Gasteiger partial charge is 0.282 e. The van der Waals surface area contributed by atoms with E-state index in [1.54, 1.807) is 12.1 Å². The maximum absolute atomic E-state index is 13.5. The molecule has 4 rings (SSSR count). The molecule has 0 fully saturated rings. The van der Waals surface area contributed by atoms with Gasteiger partial charge in [0.25, 0.3) is 17.7 Å². The van der Waals surface area contributed by atoms with E-state index in [2.05, 4.69) is 0 Å². The van der Waals surface area contributed by atoms with Gasteiger partial charge in [-0.3, -0.25) is 14.4 Å². The quantitative estimate of drug-likeness (QED) is 0.174. The van der Waals surface area contributed by atoms with Gasteiger partial charge in [-0.25, -0.2) is 5.01 Å². The molecule has 12 heteroatoms. The molecule has 174 valence electrons. The molecule has 3 aromatic carbocycles. The van der Waals surface area contributed by atoms with Crippen LogP contribution in [0.25, 0.3) is 0 Å². The molecule has 0 radical (unpaired) electrons. The molecule has 0 saturated carbocycles. The van der Waals surface area contributed by atoms with E-state index in [1.165, 1.54) is 30.3 Å². The highest BCUT2D eigenvalue weighted by Crippen LogP contribution is 2.45. The summed E-state index contributed by atoms with van der Waals surface area (Å²) in [5.41, 5.74) is 0.0434. The van der Waals surface area contributed by atoms with Crippen LogP contribution < -0.4 is 0 Å². The third-order valence-electron chi connectivity index (χ3n) is 4.98. The Labute approximate surface area is 228 Å². The summed E-state index contributed by atoms with van der Waals surface area (Å²) in [7, 11) is 0. The summed E-state index contributed by atoms with van der Waals surface area (Å²) in [6, 6.07) is 10.5. The molecule has 1 aliphatic heterocycles. The Morgan fingerprint density at radius 2 is 1.21 bits per heavy atom. The van der Waals surface area contributed by atoms with Gasteiger partial charge in [-0.05, 0) is 42.0 Å². The standard InChI is InChI=1S/C22H9Cl7N2O3/c23-11-4-1-9(2-5-11)20(32)30(8-10-3-6-12(24)7-13(10)25)31-21(33)14-15(22(31)34)17(27)19(29)18(28)16(14)26/h1-7H,8H2.